The van der Waals surface area contributed by atoms with Crippen LogP contribution in [0, 0.1) is 12.7 Å². The molecule has 0 bridgehead atoms. The Labute approximate surface area is 147 Å². The molecule has 0 fully saturated rings. The van der Waals surface area contributed by atoms with Crippen molar-refractivity contribution in [1.82, 2.24) is 4.72 Å². The first-order valence-electron chi connectivity index (χ1n) is 7.35. The molecule has 4 nitrogen and oxygen atoms in total. The van der Waals surface area contributed by atoms with Crippen molar-refractivity contribution in [3.05, 3.63) is 33.5 Å². The first-order chi connectivity index (χ1) is 10.6. The summed E-state index contributed by atoms with van der Waals surface area (Å²) >= 11 is 3.33. The molecule has 0 spiro atoms. The minimum Gasteiger partial charge on any atom is -0.466 e. The van der Waals surface area contributed by atoms with E-state index in [1.54, 1.807) is 46.8 Å². The van der Waals surface area contributed by atoms with Crippen LogP contribution in [0.5, 0.6) is 0 Å². The molecule has 1 rings (SSSR count). The minimum absolute atomic E-state index is 0.0948. The van der Waals surface area contributed by atoms with Crippen molar-refractivity contribution in [1.29, 1.82) is 0 Å². The lowest BCUT2D eigenvalue weighted by atomic mass is 10.0. The van der Waals surface area contributed by atoms with E-state index in [1.807, 2.05) is 0 Å². The second-order valence-electron chi connectivity index (χ2n) is 6.19. The van der Waals surface area contributed by atoms with Gasteiger partial charge in [-0.05, 0) is 52.3 Å². The summed E-state index contributed by atoms with van der Waals surface area (Å²) in [5, 5.41) is 0. The maximum Gasteiger partial charge on any atom is 0.307 e. The van der Waals surface area contributed by atoms with Crippen LogP contribution >= 0.6 is 15.9 Å². The molecule has 1 unspecified atom stereocenters. The zero-order valence-corrected chi connectivity index (χ0v) is 16.4. The van der Waals surface area contributed by atoms with Gasteiger partial charge in [0.1, 0.15) is 5.82 Å². The largest absolute Gasteiger partial charge is 0.466 e. The van der Waals surface area contributed by atoms with Crippen LogP contribution in [0.15, 0.2) is 16.6 Å². The van der Waals surface area contributed by atoms with Gasteiger partial charge in [-0.3, -0.25) is 4.79 Å². The average molecular weight is 408 g/mol. The van der Waals surface area contributed by atoms with Crippen molar-refractivity contribution in [3.8, 4) is 0 Å². The standard InChI is InChI=1S/C16H23BrFNO3S/c1-6-22-14(20)9-13(19-23(21)16(3,4)5)12-8-11(17)7-10(2)15(12)18/h7-8,13,19H,6,9H2,1-5H3/t13-,23?/m0/s1. The Kier molecular flexibility index (Phi) is 7.35. The lowest BCUT2D eigenvalue weighted by Gasteiger charge is -2.25. The van der Waals surface area contributed by atoms with Crippen LogP contribution in [0.4, 0.5) is 4.39 Å². The number of carbonyl (C=O) groups excluding carboxylic acids is 1. The van der Waals surface area contributed by atoms with Crippen LogP contribution in [0.25, 0.3) is 0 Å². The van der Waals surface area contributed by atoms with Crippen LogP contribution in [-0.4, -0.2) is 21.5 Å². The van der Waals surface area contributed by atoms with E-state index in [9.17, 15) is 13.4 Å². The molecule has 0 amide bonds. The lowest BCUT2D eigenvalue weighted by Crippen LogP contribution is -2.37. The van der Waals surface area contributed by atoms with Crippen molar-refractivity contribution in [2.75, 3.05) is 6.61 Å². The van der Waals surface area contributed by atoms with Gasteiger partial charge < -0.3 is 4.74 Å². The average Bonchev–Trinajstić information content (AvgIpc) is 2.41. The fourth-order valence-corrected chi connectivity index (χ4v) is 3.32. The molecular formula is C16H23BrFNO3S. The summed E-state index contributed by atoms with van der Waals surface area (Å²) in [6.07, 6.45) is -0.0948. The summed E-state index contributed by atoms with van der Waals surface area (Å²) in [4.78, 5) is 11.8. The van der Waals surface area contributed by atoms with Crippen molar-refractivity contribution in [3.63, 3.8) is 0 Å². The molecular weight excluding hydrogens is 385 g/mol. The highest BCUT2D eigenvalue weighted by Gasteiger charge is 2.28. The summed E-state index contributed by atoms with van der Waals surface area (Å²) < 4.78 is 34.9. The summed E-state index contributed by atoms with van der Waals surface area (Å²) in [5.74, 6) is -0.881. The lowest BCUT2D eigenvalue weighted by molar-refractivity contribution is -0.143. The first kappa shape index (κ1) is 20.3. The number of rotatable bonds is 6. The van der Waals surface area contributed by atoms with E-state index >= 15 is 0 Å². The number of esters is 1. The SMILES string of the molecule is CCOC(=O)C[C@H](NS(=O)C(C)(C)C)c1cc(Br)cc(C)c1F. The zero-order chi connectivity index (χ0) is 17.8. The zero-order valence-electron chi connectivity index (χ0n) is 14.0. The number of hydrogen-bond acceptors (Lipinski definition) is 3. The second kappa shape index (κ2) is 8.35. The Hall–Kier alpha value is -0.790. The van der Waals surface area contributed by atoms with Crippen LogP contribution in [0.2, 0.25) is 0 Å². The Bertz CT molecular complexity index is 602. The number of ether oxygens (including phenoxy) is 1. The van der Waals surface area contributed by atoms with Gasteiger partial charge in [0.2, 0.25) is 0 Å². The van der Waals surface area contributed by atoms with E-state index in [2.05, 4.69) is 20.7 Å². The number of halogens is 2. The van der Waals surface area contributed by atoms with Gasteiger partial charge in [0.05, 0.1) is 34.8 Å². The van der Waals surface area contributed by atoms with E-state index in [0.29, 0.717) is 15.6 Å². The molecule has 0 aromatic heterocycles. The highest BCUT2D eigenvalue weighted by molar-refractivity contribution is 9.10. The number of nitrogens with one attached hydrogen (secondary N) is 1. The first-order valence-corrected chi connectivity index (χ1v) is 9.29. The molecule has 7 heteroatoms. The third kappa shape index (κ3) is 5.97. The molecule has 0 heterocycles. The number of aryl methyl sites for hydroxylation is 1. The Balaban J connectivity index is 3.18. The molecule has 130 valence electrons. The van der Waals surface area contributed by atoms with Gasteiger partial charge in [0.15, 0.2) is 0 Å². The van der Waals surface area contributed by atoms with Gasteiger partial charge in [0, 0.05) is 10.0 Å². The van der Waals surface area contributed by atoms with E-state index in [0.717, 1.165) is 0 Å². The topological polar surface area (TPSA) is 55.4 Å². The van der Waals surface area contributed by atoms with Gasteiger partial charge in [0.25, 0.3) is 0 Å². The summed E-state index contributed by atoms with van der Waals surface area (Å²) in [6.45, 7) is 9.01. The number of hydrogen-bond donors (Lipinski definition) is 1. The van der Waals surface area contributed by atoms with Crippen molar-refractivity contribution in [2.45, 2.75) is 51.8 Å². The molecule has 23 heavy (non-hydrogen) atoms. The van der Waals surface area contributed by atoms with Crippen LogP contribution in [-0.2, 0) is 20.5 Å². The maximum atomic E-state index is 14.5. The highest BCUT2D eigenvalue weighted by Crippen LogP contribution is 2.28. The molecule has 0 aliphatic carbocycles. The van der Waals surface area contributed by atoms with Gasteiger partial charge in [-0.15, -0.1) is 0 Å². The monoisotopic (exact) mass is 407 g/mol. The van der Waals surface area contributed by atoms with Gasteiger partial charge in [-0.1, -0.05) is 15.9 Å². The third-order valence-electron chi connectivity index (χ3n) is 3.10. The molecule has 0 aliphatic heterocycles. The quantitative estimate of drug-likeness (QED) is 0.726. The van der Waals surface area contributed by atoms with Crippen molar-refractivity contribution in [2.24, 2.45) is 0 Å². The minimum atomic E-state index is -1.45. The van der Waals surface area contributed by atoms with Crippen LogP contribution < -0.4 is 4.72 Å². The smallest absolute Gasteiger partial charge is 0.307 e. The highest BCUT2D eigenvalue weighted by atomic mass is 79.9. The molecule has 1 aromatic rings. The van der Waals surface area contributed by atoms with Crippen LogP contribution in [0.1, 0.15) is 51.3 Å². The summed E-state index contributed by atoms with van der Waals surface area (Å²) in [6, 6.07) is 2.52. The van der Waals surface area contributed by atoms with Gasteiger partial charge in [-0.2, -0.15) is 0 Å². The van der Waals surface area contributed by atoms with E-state index < -0.39 is 33.6 Å². The molecule has 0 radical (unpaired) electrons. The number of benzene rings is 1. The molecule has 0 aliphatic rings. The Morgan fingerprint density at radius 1 is 1.43 bits per heavy atom. The normalized spacial score (nSPS) is 14.4. The maximum absolute atomic E-state index is 14.5. The Morgan fingerprint density at radius 2 is 2.04 bits per heavy atom. The summed E-state index contributed by atoms with van der Waals surface area (Å²) in [5.41, 5.74) is 0.745. The number of carbonyl (C=O) groups is 1. The fraction of sp³-hybridized carbons (Fsp3) is 0.562. The second-order valence-corrected chi connectivity index (χ2v) is 9.10. The predicted octanol–water partition coefficient (Wildman–Crippen LogP) is 3.94. The molecule has 0 saturated heterocycles. The predicted molar refractivity (Wildman–Crippen MR) is 93.9 cm³/mol. The Morgan fingerprint density at radius 3 is 2.57 bits per heavy atom. The molecule has 2 atom stereocenters. The molecule has 0 saturated carbocycles. The van der Waals surface area contributed by atoms with Gasteiger partial charge in [-0.25, -0.2) is 13.3 Å². The van der Waals surface area contributed by atoms with Crippen molar-refractivity contribution >= 4 is 32.9 Å². The van der Waals surface area contributed by atoms with Gasteiger partial charge >= 0.3 is 5.97 Å². The van der Waals surface area contributed by atoms with E-state index in [1.165, 1.54) is 0 Å². The fourth-order valence-electron chi connectivity index (χ4n) is 1.91. The van der Waals surface area contributed by atoms with E-state index in [-0.39, 0.29) is 13.0 Å². The van der Waals surface area contributed by atoms with Crippen molar-refractivity contribution < 1.29 is 18.1 Å². The molecule has 1 aromatic carbocycles. The summed E-state index contributed by atoms with van der Waals surface area (Å²) in [7, 11) is -1.45. The van der Waals surface area contributed by atoms with E-state index in [4.69, 9.17) is 4.74 Å². The van der Waals surface area contributed by atoms with Crippen LogP contribution in [0.3, 0.4) is 0 Å². The third-order valence-corrected chi connectivity index (χ3v) is 5.17. The molecule has 1 N–H and O–H groups in total.